The van der Waals surface area contributed by atoms with E-state index in [0.717, 1.165) is 25.9 Å². The number of ether oxygens (including phenoxy) is 2. The number of rotatable bonds is 2. The van der Waals surface area contributed by atoms with E-state index in [4.69, 9.17) is 15.9 Å². The Morgan fingerprint density at radius 1 is 1.46 bits per heavy atom. The van der Waals surface area contributed by atoms with E-state index in [1.54, 1.807) is 0 Å². The summed E-state index contributed by atoms with van der Waals surface area (Å²) in [5, 5.41) is 0. The van der Waals surface area contributed by atoms with E-state index >= 15 is 0 Å². The van der Waals surface area contributed by atoms with Crippen LogP contribution in [0.2, 0.25) is 0 Å². The molecule has 0 aromatic carbocycles. The Balaban J connectivity index is 0.00000144. The van der Waals surface area contributed by atoms with E-state index in [0.29, 0.717) is 0 Å². The van der Waals surface area contributed by atoms with Crippen LogP contribution in [0.15, 0.2) is 0 Å². The molecule has 1 fully saturated rings. The summed E-state index contributed by atoms with van der Waals surface area (Å²) < 4.78 is 10.9. The molecule has 3 heteroatoms. The van der Waals surface area contributed by atoms with Gasteiger partial charge >= 0.3 is 17.1 Å². The summed E-state index contributed by atoms with van der Waals surface area (Å²) in [6.45, 7) is 4.41. The van der Waals surface area contributed by atoms with Gasteiger partial charge in [0.05, 0.1) is 5.60 Å². The summed E-state index contributed by atoms with van der Waals surface area (Å²) in [6.07, 6.45) is 10.1. The minimum absolute atomic E-state index is 0. The quantitative estimate of drug-likeness (QED) is 0.410. The van der Waals surface area contributed by atoms with Gasteiger partial charge in [-0.15, -0.1) is 0 Å². The van der Waals surface area contributed by atoms with Crippen molar-refractivity contribution in [3.8, 4) is 5.92 Å². The van der Waals surface area contributed by atoms with Gasteiger partial charge in [-0.25, -0.2) is 0 Å². The predicted molar refractivity (Wildman–Crippen MR) is 45.9 cm³/mol. The second kappa shape index (κ2) is 5.67. The third-order valence-electron chi connectivity index (χ3n) is 1.87. The molecular formula is C10H15CuO2. The van der Waals surface area contributed by atoms with Crippen LogP contribution in [0.3, 0.4) is 0 Å². The zero-order valence-corrected chi connectivity index (χ0v) is 8.97. The van der Waals surface area contributed by atoms with E-state index in [-0.39, 0.29) is 23.4 Å². The van der Waals surface area contributed by atoms with Crippen LogP contribution >= 0.6 is 0 Å². The molecule has 0 saturated carbocycles. The van der Waals surface area contributed by atoms with Crippen molar-refractivity contribution in [2.75, 3.05) is 6.61 Å². The Bertz CT molecular complexity index is 178. The largest absolute Gasteiger partial charge is 1.00 e. The standard InChI is InChI=1S/C10H15O2.Cu/c1-4-10(2,3)12-9-7-5-6-8-11-9;/h9H,5-8H2,2-3H3;/q-1;+1. The molecular weight excluding hydrogens is 216 g/mol. The molecule has 1 aliphatic heterocycles. The topological polar surface area (TPSA) is 18.5 Å². The van der Waals surface area contributed by atoms with Crippen molar-refractivity contribution in [1.82, 2.24) is 0 Å². The molecule has 0 amide bonds. The van der Waals surface area contributed by atoms with Crippen molar-refractivity contribution < 1.29 is 26.5 Å². The molecule has 1 rings (SSSR count). The van der Waals surface area contributed by atoms with Crippen molar-refractivity contribution in [3.63, 3.8) is 0 Å². The fourth-order valence-corrected chi connectivity index (χ4v) is 1.16. The zero-order valence-electron chi connectivity index (χ0n) is 8.02. The van der Waals surface area contributed by atoms with Crippen LogP contribution in [-0.4, -0.2) is 18.5 Å². The van der Waals surface area contributed by atoms with Gasteiger partial charge in [0, 0.05) is 6.61 Å². The third-order valence-corrected chi connectivity index (χ3v) is 1.87. The Hall–Kier alpha value is -0.000519. The first kappa shape index (κ1) is 13.0. The monoisotopic (exact) mass is 230 g/mol. The van der Waals surface area contributed by atoms with Crippen molar-refractivity contribution in [2.45, 2.75) is 45.0 Å². The number of hydrogen-bond acceptors (Lipinski definition) is 2. The van der Waals surface area contributed by atoms with E-state index in [1.165, 1.54) is 0 Å². The molecule has 0 spiro atoms. The van der Waals surface area contributed by atoms with Gasteiger partial charge in [-0.2, -0.15) is 0 Å². The maximum absolute atomic E-state index is 6.99. The van der Waals surface area contributed by atoms with Crippen LogP contribution < -0.4 is 0 Å². The Kier molecular flexibility index (Phi) is 5.67. The van der Waals surface area contributed by atoms with Gasteiger partial charge in [0.15, 0.2) is 6.29 Å². The second-order valence-electron chi connectivity index (χ2n) is 3.55. The first-order chi connectivity index (χ1) is 5.64. The zero-order chi connectivity index (χ0) is 9.03. The third kappa shape index (κ3) is 4.69. The second-order valence-corrected chi connectivity index (χ2v) is 3.55. The molecule has 0 aromatic heterocycles. The van der Waals surface area contributed by atoms with Crippen LogP contribution in [0.5, 0.6) is 0 Å². The van der Waals surface area contributed by atoms with E-state index in [2.05, 4.69) is 5.92 Å². The summed E-state index contributed by atoms with van der Waals surface area (Å²) in [7, 11) is 0. The summed E-state index contributed by atoms with van der Waals surface area (Å²) in [4.78, 5) is 0. The average molecular weight is 231 g/mol. The van der Waals surface area contributed by atoms with E-state index in [1.807, 2.05) is 13.8 Å². The molecule has 13 heavy (non-hydrogen) atoms. The van der Waals surface area contributed by atoms with Crippen LogP contribution in [-0.2, 0) is 26.5 Å². The fraction of sp³-hybridized carbons (Fsp3) is 0.800. The molecule has 0 aromatic rings. The fourth-order valence-electron chi connectivity index (χ4n) is 1.16. The first-order valence-electron chi connectivity index (χ1n) is 4.37. The van der Waals surface area contributed by atoms with Crippen molar-refractivity contribution in [2.24, 2.45) is 0 Å². The number of hydrogen-bond donors (Lipinski definition) is 0. The van der Waals surface area contributed by atoms with Crippen LogP contribution in [0, 0.1) is 12.3 Å². The predicted octanol–water partition coefficient (Wildman–Crippen LogP) is 1.90. The van der Waals surface area contributed by atoms with E-state index in [9.17, 15) is 0 Å². The van der Waals surface area contributed by atoms with Crippen molar-refractivity contribution in [3.05, 3.63) is 6.42 Å². The Labute approximate surface area is 90.8 Å². The maximum Gasteiger partial charge on any atom is 1.00 e. The van der Waals surface area contributed by atoms with Gasteiger partial charge in [-0.3, -0.25) is 0 Å². The van der Waals surface area contributed by atoms with Gasteiger partial charge in [-0.05, 0) is 33.1 Å². The maximum atomic E-state index is 6.99. The average Bonchev–Trinajstić information content (AvgIpc) is 2.06. The SMILES string of the molecule is [C-]#CC(C)(C)OC1CCCCO1.[Cu+]. The molecule has 0 radical (unpaired) electrons. The molecule has 0 bridgehead atoms. The van der Waals surface area contributed by atoms with Crippen LogP contribution in [0.25, 0.3) is 0 Å². The minimum Gasteiger partial charge on any atom is -0.691 e. The minimum atomic E-state index is -0.609. The summed E-state index contributed by atoms with van der Waals surface area (Å²) in [6, 6.07) is 0. The van der Waals surface area contributed by atoms with Gasteiger partial charge < -0.3 is 21.8 Å². The molecule has 78 valence electrons. The first-order valence-corrected chi connectivity index (χ1v) is 4.37. The Morgan fingerprint density at radius 3 is 2.62 bits per heavy atom. The normalized spacial score (nSPS) is 23.0. The molecule has 1 atom stereocenters. The van der Waals surface area contributed by atoms with E-state index < -0.39 is 5.60 Å². The summed E-state index contributed by atoms with van der Waals surface area (Å²) >= 11 is 0. The summed E-state index contributed by atoms with van der Waals surface area (Å²) in [5.74, 6) is 2.34. The molecule has 2 nitrogen and oxygen atoms in total. The smallest absolute Gasteiger partial charge is 0.691 e. The van der Waals surface area contributed by atoms with Gasteiger partial charge in [0.1, 0.15) is 0 Å². The molecule has 1 heterocycles. The molecule has 0 aliphatic carbocycles. The van der Waals surface area contributed by atoms with Crippen LogP contribution in [0.4, 0.5) is 0 Å². The van der Waals surface area contributed by atoms with Gasteiger partial charge in [-0.1, -0.05) is 0 Å². The van der Waals surface area contributed by atoms with Crippen LogP contribution in [0.1, 0.15) is 33.1 Å². The van der Waals surface area contributed by atoms with Crippen molar-refractivity contribution >= 4 is 0 Å². The van der Waals surface area contributed by atoms with Gasteiger partial charge in [0.2, 0.25) is 0 Å². The Morgan fingerprint density at radius 2 is 2.15 bits per heavy atom. The van der Waals surface area contributed by atoms with Crippen molar-refractivity contribution in [1.29, 1.82) is 0 Å². The molecule has 1 saturated heterocycles. The molecule has 1 unspecified atom stereocenters. The molecule has 0 N–H and O–H groups in total. The summed E-state index contributed by atoms with van der Waals surface area (Å²) in [5.41, 5.74) is -0.609. The van der Waals surface area contributed by atoms with Gasteiger partial charge in [0.25, 0.3) is 0 Å². The molecule has 1 aliphatic rings.